The first-order valence-corrected chi connectivity index (χ1v) is 12.1. The molecular formula is C29H31N3O3. The maximum atomic E-state index is 12.9. The second kappa shape index (κ2) is 9.55. The Hall–Kier alpha value is -3.64. The summed E-state index contributed by atoms with van der Waals surface area (Å²) in [5.41, 5.74) is 5.99. The van der Waals surface area contributed by atoms with Gasteiger partial charge in [0.05, 0.1) is 17.6 Å². The lowest BCUT2D eigenvalue weighted by molar-refractivity contribution is -0.117. The molecule has 0 radical (unpaired) electrons. The number of rotatable bonds is 7. The third-order valence-electron chi connectivity index (χ3n) is 6.74. The Kier molecular flexibility index (Phi) is 6.31. The normalized spacial score (nSPS) is 16.7. The number of imidazole rings is 1. The summed E-state index contributed by atoms with van der Waals surface area (Å²) >= 11 is 0. The quantitative estimate of drug-likeness (QED) is 0.417. The van der Waals surface area contributed by atoms with Crippen LogP contribution >= 0.6 is 0 Å². The summed E-state index contributed by atoms with van der Waals surface area (Å²) in [4.78, 5) is 19.7. The van der Waals surface area contributed by atoms with Crippen LogP contribution < -0.4 is 9.64 Å². The number of ether oxygens (including phenoxy) is 1. The van der Waals surface area contributed by atoms with E-state index in [2.05, 4.69) is 4.57 Å². The number of carbonyl (C=O) groups excluding carboxylic acids is 1. The topological polar surface area (TPSA) is 67.6 Å². The summed E-state index contributed by atoms with van der Waals surface area (Å²) in [5, 5.41) is 10.9. The molecule has 6 heteroatoms. The van der Waals surface area contributed by atoms with E-state index < -0.39 is 6.10 Å². The number of carbonyl (C=O) groups is 1. The predicted molar refractivity (Wildman–Crippen MR) is 138 cm³/mol. The number of nitrogens with zero attached hydrogens (tertiary/aromatic N) is 3. The molecule has 1 amide bonds. The van der Waals surface area contributed by atoms with Crippen molar-refractivity contribution in [1.82, 2.24) is 9.55 Å². The Labute approximate surface area is 205 Å². The zero-order valence-corrected chi connectivity index (χ0v) is 20.4. The third kappa shape index (κ3) is 4.66. The standard InChI is InChI=1S/C29H31N3O3/c1-19-11-13-23(14-12-19)31-16-22(15-27(31)34)29-30-25-9-4-5-10-26(25)32(29)17-24(33)18-35-28-20(2)7-6-8-21(28)3/h4-14,22,24,33H,15-18H2,1-3H3/t22-,24-/m1/s1. The van der Waals surface area contributed by atoms with Crippen LogP contribution in [0.3, 0.4) is 0 Å². The minimum atomic E-state index is -0.726. The maximum absolute atomic E-state index is 12.9. The molecule has 0 spiro atoms. The number of aromatic nitrogens is 2. The van der Waals surface area contributed by atoms with Gasteiger partial charge in [0.15, 0.2) is 0 Å². The number of aliphatic hydroxyl groups is 1. The molecule has 0 aliphatic carbocycles. The van der Waals surface area contributed by atoms with Gasteiger partial charge in [-0.1, -0.05) is 48.0 Å². The molecule has 0 bridgehead atoms. The molecule has 1 saturated heterocycles. The molecule has 5 rings (SSSR count). The highest BCUT2D eigenvalue weighted by Crippen LogP contribution is 2.33. The number of hydrogen-bond acceptors (Lipinski definition) is 4. The van der Waals surface area contributed by atoms with Crippen molar-refractivity contribution >= 4 is 22.6 Å². The van der Waals surface area contributed by atoms with E-state index in [4.69, 9.17) is 9.72 Å². The van der Waals surface area contributed by atoms with E-state index in [0.717, 1.165) is 45.0 Å². The van der Waals surface area contributed by atoms with Crippen molar-refractivity contribution < 1.29 is 14.6 Å². The summed E-state index contributed by atoms with van der Waals surface area (Å²) in [6.07, 6.45) is -0.331. The van der Waals surface area contributed by atoms with Gasteiger partial charge >= 0.3 is 0 Å². The zero-order valence-electron chi connectivity index (χ0n) is 20.4. The molecule has 1 aromatic heterocycles. The second-order valence-corrected chi connectivity index (χ2v) is 9.50. The van der Waals surface area contributed by atoms with Gasteiger partial charge in [-0.25, -0.2) is 4.98 Å². The van der Waals surface area contributed by atoms with E-state index >= 15 is 0 Å². The number of benzene rings is 3. The molecule has 1 aliphatic rings. The number of amides is 1. The Morgan fingerprint density at radius 1 is 1.00 bits per heavy atom. The lowest BCUT2D eigenvalue weighted by Crippen LogP contribution is -2.26. The first kappa shape index (κ1) is 23.1. The van der Waals surface area contributed by atoms with Gasteiger partial charge in [-0.15, -0.1) is 0 Å². The molecule has 2 atom stereocenters. The van der Waals surface area contributed by atoms with Crippen molar-refractivity contribution in [2.24, 2.45) is 0 Å². The molecule has 1 aliphatic heterocycles. The van der Waals surface area contributed by atoms with E-state index in [1.54, 1.807) is 0 Å². The van der Waals surface area contributed by atoms with Crippen LogP contribution in [-0.4, -0.2) is 39.8 Å². The average molecular weight is 470 g/mol. The fraction of sp³-hybridized carbons (Fsp3) is 0.310. The summed E-state index contributed by atoms with van der Waals surface area (Å²) in [6, 6.07) is 22.0. The fourth-order valence-electron chi connectivity index (χ4n) is 4.92. The monoisotopic (exact) mass is 469 g/mol. The lowest BCUT2D eigenvalue weighted by Gasteiger charge is -2.20. The van der Waals surface area contributed by atoms with Gasteiger partial charge in [0.2, 0.25) is 5.91 Å². The van der Waals surface area contributed by atoms with Gasteiger partial charge in [-0.2, -0.15) is 0 Å². The third-order valence-corrected chi connectivity index (χ3v) is 6.74. The van der Waals surface area contributed by atoms with Crippen molar-refractivity contribution in [3.05, 3.63) is 89.2 Å². The van der Waals surface area contributed by atoms with Gasteiger partial charge < -0.3 is 19.3 Å². The van der Waals surface area contributed by atoms with Crippen molar-refractivity contribution in [2.45, 2.75) is 45.8 Å². The molecule has 35 heavy (non-hydrogen) atoms. The van der Waals surface area contributed by atoms with Crippen LogP contribution in [-0.2, 0) is 11.3 Å². The highest BCUT2D eigenvalue weighted by molar-refractivity contribution is 5.96. The average Bonchev–Trinajstić information content (AvgIpc) is 3.40. The Morgan fingerprint density at radius 2 is 1.71 bits per heavy atom. The SMILES string of the molecule is Cc1ccc(N2C[C@H](c3nc4ccccc4n3C[C@@H](O)COc3c(C)cccc3C)CC2=O)cc1. The zero-order chi connectivity index (χ0) is 24.5. The fourth-order valence-corrected chi connectivity index (χ4v) is 4.92. The Bertz CT molecular complexity index is 1340. The van der Waals surface area contributed by atoms with Gasteiger partial charge in [-0.3, -0.25) is 4.79 Å². The highest BCUT2D eigenvalue weighted by Gasteiger charge is 2.35. The molecule has 0 saturated carbocycles. The van der Waals surface area contributed by atoms with Crippen LogP contribution in [0.2, 0.25) is 0 Å². The minimum Gasteiger partial charge on any atom is -0.490 e. The maximum Gasteiger partial charge on any atom is 0.227 e. The summed E-state index contributed by atoms with van der Waals surface area (Å²) in [6.45, 7) is 7.14. The van der Waals surface area contributed by atoms with Crippen molar-refractivity contribution in [2.75, 3.05) is 18.1 Å². The molecule has 3 aromatic carbocycles. The molecule has 0 unspecified atom stereocenters. The lowest BCUT2D eigenvalue weighted by atomic mass is 10.1. The number of para-hydroxylation sites is 3. The second-order valence-electron chi connectivity index (χ2n) is 9.50. The largest absolute Gasteiger partial charge is 0.490 e. The van der Waals surface area contributed by atoms with E-state index in [1.165, 1.54) is 0 Å². The van der Waals surface area contributed by atoms with Crippen molar-refractivity contribution in [3.8, 4) is 5.75 Å². The summed E-state index contributed by atoms with van der Waals surface area (Å²) in [5.74, 6) is 1.69. The predicted octanol–water partition coefficient (Wildman–Crippen LogP) is 4.92. The van der Waals surface area contributed by atoms with Gasteiger partial charge in [0.25, 0.3) is 0 Å². The van der Waals surface area contributed by atoms with Gasteiger partial charge in [0, 0.05) is 24.6 Å². The molecule has 4 aromatic rings. The molecule has 2 heterocycles. The molecule has 180 valence electrons. The minimum absolute atomic E-state index is 0.0528. The van der Waals surface area contributed by atoms with Gasteiger partial charge in [-0.05, 0) is 56.2 Å². The van der Waals surface area contributed by atoms with Crippen LogP contribution in [0.5, 0.6) is 5.75 Å². The van der Waals surface area contributed by atoms with Gasteiger partial charge in [0.1, 0.15) is 24.3 Å². The van der Waals surface area contributed by atoms with Crippen LogP contribution in [0.4, 0.5) is 5.69 Å². The number of aryl methyl sites for hydroxylation is 3. The van der Waals surface area contributed by atoms with E-state index in [0.29, 0.717) is 19.5 Å². The smallest absolute Gasteiger partial charge is 0.227 e. The molecule has 1 fully saturated rings. The number of anilines is 1. The summed E-state index contributed by atoms with van der Waals surface area (Å²) in [7, 11) is 0. The number of hydrogen-bond donors (Lipinski definition) is 1. The Balaban J connectivity index is 1.39. The van der Waals surface area contributed by atoms with Crippen molar-refractivity contribution in [1.29, 1.82) is 0 Å². The first-order chi connectivity index (χ1) is 16.9. The molecule has 6 nitrogen and oxygen atoms in total. The summed E-state index contributed by atoms with van der Waals surface area (Å²) < 4.78 is 8.07. The highest BCUT2D eigenvalue weighted by atomic mass is 16.5. The van der Waals surface area contributed by atoms with Crippen LogP contribution in [0, 0.1) is 20.8 Å². The van der Waals surface area contributed by atoms with E-state index in [9.17, 15) is 9.90 Å². The number of fused-ring (bicyclic) bond motifs is 1. The van der Waals surface area contributed by atoms with E-state index in [1.807, 2.05) is 92.4 Å². The van der Waals surface area contributed by atoms with Crippen LogP contribution in [0.25, 0.3) is 11.0 Å². The van der Waals surface area contributed by atoms with E-state index in [-0.39, 0.29) is 18.4 Å². The number of aliphatic hydroxyl groups excluding tert-OH is 1. The first-order valence-electron chi connectivity index (χ1n) is 12.1. The Morgan fingerprint density at radius 3 is 2.46 bits per heavy atom. The van der Waals surface area contributed by atoms with Crippen molar-refractivity contribution in [3.63, 3.8) is 0 Å². The molecule has 1 N–H and O–H groups in total. The van der Waals surface area contributed by atoms with Crippen LogP contribution in [0.1, 0.15) is 34.9 Å². The molecular weight excluding hydrogens is 438 g/mol. The van der Waals surface area contributed by atoms with Crippen LogP contribution in [0.15, 0.2) is 66.7 Å².